The third-order valence-electron chi connectivity index (χ3n) is 5.23. The van der Waals surface area contributed by atoms with Crippen molar-refractivity contribution in [2.75, 3.05) is 19.6 Å². The molecule has 1 aliphatic heterocycles. The van der Waals surface area contributed by atoms with Crippen molar-refractivity contribution in [2.45, 2.75) is 25.3 Å². The van der Waals surface area contributed by atoms with Gasteiger partial charge in [0, 0.05) is 26.1 Å². The lowest BCUT2D eigenvalue weighted by Crippen LogP contribution is -2.48. The van der Waals surface area contributed by atoms with Gasteiger partial charge >= 0.3 is 5.69 Å². The Hall–Kier alpha value is -2.93. The SMILES string of the molecule is O=C(CCCc1ccc2[nH]c(=O)[nH]c2c1)N1CCNCC1c1cccc(F)c1. The van der Waals surface area contributed by atoms with Crippen molar-refractivity contribution in [1.29, 1.82) is 0 Å². The Kier molecular flexibility index (Phi) is 5.25. The number of aromatic nitrogens is 2. The van der Waals surface area contributed by atoms with Crippen LogP contribution in [0.4, 0.5) is 4.39 Å². The van der Waals surface area contributed by atoms with Crippen LogP contribution >= 0.6 is 0 Å². The molecular weight excluding hydrogens is 359 g/mol. The second kappa shape index (κ2) is 7.98. The first kappa shape index (κ1) is 18.4. The van der Waals surface area contributed by atoms with Crippen LogP contribution in [0, 0.1) is 5.82 Å². The second-order valence-electron chi connectivity index (χ2n) is 7.17. The van der Waals surface area contributed by atoms with Gasteiger partial charge in [-0.25, -0.2) is 9.18 Å². The summed E-state index contributed by atoms with van der Waals surface area (Å²) in [4.78, 5) is 31.5. The zero-order valence-electron chi connectivity index (χ0n) is 15.5. The summed E-state index contributed by atoms with van der Waals surface area (Å²) in [5.41, 5.74) is 3.25. The van der Waals surface area contributed by atoms with E-state index in [1.54, 1.807) is 6.07 Å². The Labute approximate surface area is 161 Å². The number of amides is 1. The number of nitrogens with zero attached hydrogens (tertiary/aromatic N) is 1. The fraction of sp³-hybridized carbons (Fsp3) is 0.333. The first-order chi connectivity index (χ1) is 13.6. The van der Waals surface area contributed by atoms with Gasteiger partial charge in [0.2, 0.25) is 5.91 Å². The van der Waals surface area contributed by atoms with E-state index in [2.05, 4.69) is 15.3 Å². The molecule has 1 aromatic heterocycles. The number of nitrogens with one attached hydrogen (secondary N) is 3. The molecule has 0 spiro atoms. The summed E-state index contributed by atoms with van der Waals surface area (Å²) in [6.07, 6.45) is 1.91. The minimum Gasteiger partial charge on any atom is -0.333 e. The fourth-order valence-corrected chi connectivity index (χ4v) is 3.84. The van der Waals surface area contributed by atoms with Crippen molar-refractivity contribution in [1.82, 2.24) is 20.2 Å². The van der Waals surface area contributed by atoms with Crippen molar-refractivity contribution in [3.05, 3.63) is 69.9 Å². The first-order valence-electron chi connectivity index (χ1n) is 9.57. The molecule has 1 saturated heterocycles. The smallest absolute Gasteiger partial charge is 0.323 e. The second-order valence-corrected chi connectivity index (χ2v) is 7.17. The van der Waals surface area contributed by atoms with Crippen molar-refractivity contribution in [2.24, 2.45) is 0 Å². The number of piperazine rings is 1. The fourth-order valence-electron chi connectivity index (χ4n) is 3.84. The molecule has 7 heteroatoms. The van der Waals surface area contributed by atoms with Crippen LogP contribution < -0.4 is 11.0 Å². The molecule has 3 aromatic rings. The number of fused-ring (bicyclic) bond motifs is 1. The summed E-state index contributed by atoms with van der Waals surface area (Å²) in [5, 5.41) is 3.29. The molecule has 146 valence electrons. The molecule has 0 saturated carbocycles. The topological polar surface area (TPSA) is 81.0 Å². The molecule has 1 atom stereocenters. The van der Waals surface area contributed by atoms with Crippen LogP contribution in [0.1, 0.15) is 30.0 Å². The van der Waals surface area contributed by atoms with E-state index in [-0.39, 0.29) is 23.5 Å². The molecule has 6 nitrogen and oxygen atoms in total. The van der Waals surface area contributed by atoms with E-state index < -0.39 is 0 Å². The van der Waals surface area contributed by atoms with Gasteiger partial charge in [-0.15, -0.1) is 0 Å². The van der Waals surface area contributed by atoms with Crippen LogP contribution in [0.15, 0.2) is 47.3 Å². The lowest BCUT2D eigenvalue weighted by Gasteiger charge is -2.36. The summed E-state index contributed by atoms with van der Waals surface area (Å²) in [6, 6.07) is 12.1. The van der Waals surface area contributed by atoms with Crippen LogP contribution in [0.2, 0.25) is 0 Å². The number of hydrogen-bond acceptors (Lipinski definition) is 3. The van der Waals surface area contributed by atoms with E-state index in [1.165, 1.54) is 12.1 Å². The van der Waals surface area contributed by atoms with Crippen molar-refractivity contribution < 1.29 is 9.18 Å². The summed E-state index contributed by atoms with van der Waals surface area (Å²) in [5.74, 6) is -0.194. The highest BCUT2D eigenvalue weighted by Crippen LogP contribution is 2.24. The van der Waals surface area contributed by atoms with E-state index in [0.29, 0.717) is 19.5 Å². The van der Waals surface area contributed by atoms with E-state index >= 15 is 0 Å². The largest absolute Gasteiger partial charge is 0.333 e. The molecule has 0 bridgehead atoms. The molecule has 28 heavy (non-hydrogen) atoms. The van der Waals surface area contributed by atoms with Gasteiger partial charge in [0.05, 0.1) is 17.1 Å². The normalized spacial score (nSPS) is 17.2. The van der Waals surface area contributed by atoms with Crippen LogP contribution in [0.5, 0.6) is 0 Å². The number of carbonyl (C=O) groups is 1. The quantitative estimate of drug-likeness (QED) is 0.634. The Balaban J connectivity index is 1.39. The highest BCUT2D eigenvalue weighted by Gasteiger charge is 2.27. The maximum absolute atomic E-state index is 13.6. The molecule has 2 heterocycles. The molecule has 1 aliphatic rings. The van der Waals surface area contributed by atoms with E-state index in [4.69, 9.17) is 0 Å². The zero-order chi connectivity index (χ0) is 19.5. The number of benzene rings is 2. The predicted octanol–water partition coefficient (Wildman–Crippen LogP) is 2.49. The van der Waals surface area contributed by atoms with E-state index in [0.717, 1.165) is 41.5 Å². The average molecular weight is 382 g/mol. The lowest BCUT2D eigenvalue weighted by atomic mass is 10.0. The molecular formula is C21H23FN4O2. The van der Waals surface area contributed by atoms with Gasteiger partial charge in [-0.1, -0.05) is 18.2 Å². The number of aromatic amines is 2. The van der Waals surface area contributed by atoms with Crippen molar-refractivity contribution in [3.8, 4) is 0 Å². The number of aryl methyl sites for hydroxylation is 1. The number of H-pyrrole nitrogens is 2. The number of carbonyl (C=O) groups excluding carboxylic acids is 1. The number of imidazole rings is 1. The molecule has 4 rings (SSSR count). The Morgan fingerprint density at radius 1 is 1.14 bits per heavy atom. The van der Waals surface area contributed by atoms with E-state index in [9.17, 15) is 14.0 Å². The highest BCUT2D eigenvalue weighted by atomic mass is 19.1. The maximum atomic E-state index is 13.6. The van der Waals surface area contributed by atoms with Gasteiger partial charge in [0.15, 0.2) is 0 Å². The third-order valence-corrected chi connectivity index (χ3v) is 5.23. The van der Waals surface area contributed by atoms with Crippen LogP contribution in [-0.4, -0.2) is 40.4 Å². The zero-order valence-corrected chi connectivity index (χ0v) is 15.5. The monoisotopic (exact) mass is 382 g/mol. The lowest BCUT2D eigenvalue weighted by molar-refractivity contribution is -0.134. The van der Waals surface area contributed by atoms with Crippen LogP contribution in [0.25, 0.3) is 11.0 Å². The van der Waals surface area contributed by atoms with Crippen molar-refractivity contribution >= 4 is 16.9 Å². The Morgan fingerprint density at radius 2 is 2.00 bits per heavy atom. The van der Waals surface area contributed by atoms with Gasteiger partial charge in [-0.05, 0) is 48.2 Å². The van der Waals surface area contributed by atoms with E-state index in [1.807, 2.05) is 29.2 Å². The molecule has 1 amide bonds. The summed E-state index contributed by atoms with van der Waals surface area (Å²) in [6.45, 7) is 2.00. The highest BCUT2D eigenvalue weighted by molar-refractivity contribution is 5.77. The standard InChI is InChI=1S/C21H23FN4O2/c22-16-5-2-4-15(12-16)19-13-23-9-10-26(19)20(27)6-1-3-14-7-8-17-18(11-14)25-21(28)24-17/h2,4-5,7-8,11-12,19,23H,1,3,6,9-10,13H2,(H2,24,25,28). The number of halogens is 1. The van der Waals surface area contributed by atoms with Crippen molar-refractivity contribution in [3.63, 3.8) is 0 Å². The first-order valence-corrected chi connectivity index (χ1v) is 9.57. The molecule has 3 N–H and O–H groups in total. The van der Waals surface area contributed by atoms with Gasteiger partial charge in [0.25, 0.3) is 0 Å². The number of hydrogen-bond donors (Lipinski definition) is 3. The molecule has 0 radical (unpaired) electrons. The Morgan fingerprint density at radius 3 is 2.86 bits per heavy atom. The molecule has 1 fully saturated rings. The van der Waals surface area contributed by atoms with Gasteiger partial charge in [-0.3, -0.25) is 4.79 Å². The Bertz CT molecular complexity index is 1040. The van der Waals surface area contributed by atoms with Crippen LogP contribution in [0.3, 0.4) is 0 Å². The van der Waals surface area contributed by atoms with Gasteiger partial charge in [0.1, 0.15) is 5.82 Å². The summed E-state index contributed by atoms with van der Waals surface area (Å²) in [7, 11) is 0. The minimum absolute atomic E-state index is 0.0897. The molecule has 2 aromatic carbocycles. The predicted molar refractivity (Wildman–Crippen MR) is 106 cm³/mol. The van der Waals surface area contributed by atoms with Crippen LogP contribution in [-0.2, 0) is 11.2 Å². The molecule has 0 aliphatic carbocycles. The van der Waals surface area contributed by atoms with Gasteiger partial charge in [-0.2, -0.15) is 0 Å². The minimum atomic E-state index is -0.284. The molecule has 1 unspecified atom stereocenters. The summed E-state index contributed by atoms with van der Waals surface area (Å²) < 4.78 is 13.6. The number of rotatable bonds is 5. The third kappa shape index (κ3) is 3.99. The average Bonchev–Trinajstić information content (AvgIpc) is 3.07. The van der Waals surface area contributed by atoms with Gasteiger partial charge < -0.3 is 20.2 Å². The summed E-state index contributed by atoms with van der Waals surface area (Å²) >= 11 is 0. The maximum Gasteiger partial charge on any atom is 0.323 e.